The second-order valence-electron chi connectivity index (χ2n) is 4.17. The van der Waals surface area contributed by atoms with Gasteiger partial charge in [-0.25, -0.2) is 0 Å². The lowest BCUT2D eigenvalue weighted by Gasteiger charge is -2.21. The quantitative estimate of drug-likeness (QED) is 0.676. The Hall–Kier alpha value is -1.38. The molecule has 0 bridgehead atoms. The molecule has 3 nitrogen and oxygen atoms in total. The first-order valence-corrected chi connectivity index (χ1v) is 4.48. The third kappa shape index (κ3) is 1.92. The van der Waals surface area contributed by atoms with Crippen LogP contribution in [0, 0.1) is 0 Å². The molecule has 0 saturated heterocycles. The molecule has 0 aliphatic carbocycles. The molecule has 0 saturated carbocycles. The molecule has 0 aliphatic rings. The van der Waals surface area contributed by atoms with Crippen molar-refractivity contribution in [2.45, 2.75) is 26.2 Å². The number of aldehydes is 1. The van der Waals surface area contributed by atoms with Crippen LogP contribution < -0.4 is 4.74 Å². The molecule has 0 N–H and O–H groups in total. The van der Waals surface area contributed by atoms with Gasteiger partial charge in [0.05, 0.1) is 18.9 Å². The van der Waals surface area contributed by atoms with Crippen molar-refractivity contribution in [3.8, 4) is 5.75 Å². The summed E-state index contributed by atoms with van der Waals surface area (Å²) in [5, 5.41) is 0. The van der Waals surface area contributed by atoms with Gasteiger partial charge < -0.3 is 4.74 Å². The molecule has 0 radical (unpaired) electrons. The monoisotopic (exact) mass is 193 g/mol. The summed E-state index contributed by atoms with van der Waals surface area (Å²) in [7, 11) is 1.54. The van der Waals surface area contributed by atoms with Crippen LogP contribution in [0.4, 0.5) is 0 Å². The Labute approximate surface area is 84.1 Å². The maximum atomic E-state index is 10.9. The van der Waals surface area contributed by atoms with Crippen LogP contribution >= 0.6 is 0 Å². The number of rotatable bonds is 2. The van der Waals surface area contributed by atoms with E-state index in [1.807, 2.05) is 20.8 Å². The summed E-state index contributed by atoms with van der Waals surface area (Å²) in [4.78, 5) is 15.0. The van der Waals surface area contributed by atoms with E-state index in [0.29, 0.717) is 11.3 Å². The van der Waals surface area contributed by atoms with E-state index in [9.17, 15) is 4.79 Å². The van der Waals surface area contributed by atoms with Crippen LogP contribution in [0.2, 0.25) is 0 Å². The zero-order valence-corrected chi connectivity index (χ0v) is 9.00. The Bertz CT molecular complexity index is 340. The minimum atomic E-state index is -0.0994. The highest BCUT2D eigenvalue weighted by molar-refractivity contribution is 5.81. The van der Waals surface area contributed by atoms with Crippen LogP contribution in [0.25, 0.3) is 0 Å². The van der Waals surface area contributed by atoms with Crippen molar-refractivity contribution in [1.29, 1.82) is 0 Å². The van der Waals surface area contributed by atoms with Gasteiger partial charge in [-0.2, -0.15) is 0 Å². The second-order valence-corrected chi connectivity index (χ2v) is 4.17. The van der Waals surface area contributed by atoms with Gasteiger partial charge in [0.1, 0.15) is 5.75 Å². The standard InChI is InChI=1S/C11H15NO2/c1-11(2,3)9-5-12-6-10(14-4)8(9)7-13/h5-7H,1-4H3. The number of hydrogen-bond acceptors (Lipinski definition) is 3. The van der Waals surface area contributed by atoms with Crippen molar-refractivity contribution >= 4 is 6.29 Å². The first kappa shape index (κ1) is 10.7. The molecule has 1 heterocycles. The minimum absolute atomic E-state index is 0.0994. The van der Waals surface area contributed by atoms with E-state index < -0.39 is 0 Å². The molecule has 0 spiro atoms. The molecular weight excluding hydrogens is 178 g/mol. The van der Waals surface area contributed by atoms with E-state index in [4.69, 9.17) is 4.74 Å². The van der Waals surface area contributed by atoms with Gasteiger partial charge in [0.25, 0.3) is 0 Å². The normalized spacial score (nSPS) is 11.1. The predicted octanol–water partition coefficient (Wildman–Crippen LogP) is 2.20. The highest BCUT2D eigenvalue weighted by atomic mass is 16.5. The molecule has 0 fully saturated rings. The highest BCUT2D eigenvalue weighted by Crippen LogP contribution is 2.29. The fourth-order valence-electron chi connectivity index (χ4n) is 1.33. The van der Waals surface area contributed by atoms with E-state index in [-0.39, 0.29) is 5.41 Å². The van der Waals surface area contributed by atoms with Gasteiger partial charge in [-0.15, -0.1) is 0 Å². The number of hydrogen-bond donors (Lipinski definition) is 0. The number of carbonyl (C=O) groups is 1. The largest absolute Gasteiger partial charge is 0.494 e. The lowest BCUT2D eigenvalue weighted by atomic mass is 9.85. The van der Waals surface area contributed by atoms with E-state index in [1.165, 1.54) is 7.11 Å². The average molecular weight is 193 g/mol. The third-order valence-electron chi connectivity index (χ3n) is 2.10. The number of pyridine rings is 1. The van der Waals surface area contributed by atoms with Gasteiger partial charge in [-0.3, -0.25) is 9.78 Å². The lowest BCUT2D eigenvalue weighted by molar-refractivity contribution is 0.111. The summed E-state index contributed by atoms with van der Waals surface area (Å²) in [6.07, 6.45) is 4.09. The molecule has 76 valence electrons. The molecule has 14 heavy (non-hydrogen) atoms. The van der Waals surface area contributed by atoms with Crippen LogP contribution in [0.5, 0.6) is 5.75 Å². The summed E-state index contributed by atoms with van der Waals surface area (Å²) < 4.78 is 5.08. The Morgan fingerprint density at radius 3 is 2.43 bits per heavy atom. The number of methoxy groups -OCH3 is 1. The van der Waals surface area contributed by atoms with E-state index in [2.05, 4.69) is 4.98 Å². The van der Waals surface area contributed by atoms with Crippen molar-refractivity contribution in [3.05, 3.63) is 23.5 Å². The summed E-state index contributed by atoms with van der Waals surface area (Å²) in [6.45, 7) is 6.11. The van der Waals surface area contributed by atoms with Crippen LogP contribution in [0.3, 0.4) is 0 Å². The Morgan fingerprint density at radius 2 is 2.00 bits per heavy atom. The minimum Gasteiger partial charge on any atom is -0.494 e. The van der Waals surface area contributed by atoms with Crippen molar-refractivity contribution in [3.63, 3.8) is 0 Å². The number of ether oxygens (including phenoxy) is 1. The van der Waals surface area contributed by atoms with E-state index in [1.54, 1.807) is 12.4 Å². The Balaban J connectivity index is 3.37. The molecule has 1 aromatic heterocycles. The van der Waals surface area contributed by atoms with Crippen molar-refractivity contribution in [2.24, 2.45) is 0 Å². The maximum absolute atomic E-state index is 10.9. The molecule has 0 aromatic carbocycles. The van der Waals surface area contributed by atoms with Gasteiger partial charge in [-0.1, -0.05) is 20.8 Å². The zero-order valence-electron chi connectivity index (χ0n) is 9.00. The molecule has 0 aliphatic heterocycles. The fourth-order valence-corrected chi connectivity index (χ4v) is 1.33. The van der Waals surface area contributed by atoms with Gasteiger partial charge in [0.15, 0.2) is 6.29 Å². The maximum Gasteiger partial charge on any atom is 0.154 e. The summed E-state index contributed by atoms with van der Waals surface area (Å²) in [6, 6.07) is 0. The van der Waals surface area contributed by atoms with E-state index >= 15 is 0 Å². The van der Waals surface area contributed by atoms with Gasteiger partial charge in [-0.05, 0) is 11.0 Å². The number of nitrogens with zero attached hydrogens (tertiary/aromatic N) is 1. The number of aromatic nitrogens is 1. The van der Waals surface area contributed by atoms with E-state index in [0.717, 1.165) is 11.8 Å². The molecule has 0 atom stereocenters. The van der Waals surface area contributed by atoms with Gasteiger partial charge >= 0.3 is 0 Å². The highest BCUT2D eigenvalue weighted by Gasteiger charge is 2.20. The smallest absolute Gasteiger partial charge is 0.154 e. The first-order valence-electron chi connectivity index (χ1n) is 4.48. The predicted molar refractivity (Wildman–Crippen MR) is 54.9 cm³/mol. The molecular formula is C11H15NO2. The van der Waals surface area contributed by atoms with Crippen LogP contribution in [0.1, 0.15) is 36.7 Å². The SMILES string of the molecule is COc1cncc(C(C)(C)C)c1C=O. The van der Waals surface area contributed by atoms with Crippen LogP contribution in [0.15, 0.2) is 12.4 Å². The first-order chi connectivity index (χ1) is 6.50. The Kier molecular flexibility index (Phi) is 2.89. The second kappa shape index (κ2) is 3.78. The van der Waals surface area contributed by atoms with Crippen molar-refractivity contribution < 1.29 is 9.53 Å². The van der Waals surface area contributed by atoms with Crippen LogP contribution in [-0.4, -0.2) is 18.4 Å². The van der Waals surface area contributed by atoms with Crippen LogP contribution in [-0.2, 0) is 5.41 Å². The molecule has 0 unspecified atom stereocenters. The van der Waals surface area contributed by atoms with Gasteiger partial charge in [0, 0.05) is 6.20 Å². The fraction of sp³-hybridized carbons (Fsp3) is 0.455. The Morgan fingerprint density at radius 1 is 1.36 bits per heavy atom. The lowest BCUT2D eigenvalue weighted by Crippen LogP contribution is -2.15. The number of carbonyl (C=O) groups excluding carboxylic acids is 1. The third-order valence-corrected chi connectivity index (χ3v) is 2.10. The molecule has 0 amide bonds. The molecule has 1 rings (SSSR count). The molecule has 1 aromatic rings. The summed E-state index contributed by atoms with van der Waals surface area (Å²) >= 11 is 0. The molecule has 3 heteroatoms. The summed E-state index contributed by atoms with van der Waals surface area (Å²) in [5.74, 6) is 0.535. The van der Waals surface area contributed by atoms with Crippen molar-refractivity contribution in [2.75, 3.05) is 7.11 Å². The topological polar surface area (TPSA) is 39.2 Å². The van der Waals surface area contributed by atoms with Gasteiger partial charge in [0.2, 0.25) is 0 Å². The summed E-state index contributed by atoms with van der Waals surface area (Å²) in [5.41, 5.74) is 1.40. The zero-order chi connectivity index (χ0) is 10.8. The average Bonchev–Trinajstić information content (AvgIpc) is 2.15. The van der Waals surface area contributed by atoms with Crippen molar-refractivity contribution in [1.82, 2.24) is 4.98 Å².